The second kappa shape index (κ2) is 8.03. The molecule has 2 rings (SSSR count). The average Bonchev–Trinajstić information content (AvgIpc) is 2.62. The van der Waals surface area contributed by atoms with Crippen LogP contribution in [0, 0.1) is 0 Å². The molecule has 7 heteroatoms. The smallest absolute Gasteiger partial charge is 0.339 e. The number of alkyl halides is 3. The van der Waals surface area contributed by atoms with Crippen molar-refractivity contribution >= 4 is 17.5 Å². The number of nitrogens with one attached hydrogen (secondary N) is 1. The molecule has 2 aromatic rings. The molecule has 0 aliphatic heterocycles. The third kappa shape index (κ3) is 4.41. The van der Waals surface area contributed by atoms with Crippen LogP contribution in [-0.4, -0.2) is 29.8 Å². The van der Waals surface area contributed by atoms with E-state index in [1.807, 2.05) is 13.8 Å². The fourth-order valence-corrected chi connectivity index (χ4v) is 2.52. The van der Waals surface area contributed by atoms with Crippen LogP contribution in [0.2, 0.25) is 0 Å². The number of hydrogen-bond donors (Lipinski definition) is 1. The maximum atomic E-state index is 13.0. The lowest BCUT2D eigenvalue weighted by molar-refractivity contribution is -0.136. The van der Waals surface area contributed by atoms with Crippen molar-refractivity contribution < 1.29 is 22.8 Å². The molecule has 0 atom stereocenters. The Labute approximate surface area is 149 Å². The number of rotatable bonds is 5. The highest BCUT2D eigenvalue weighted by Gasteiger charge is 2.33. The second-order valence-corrected chi connectivity index (χ2v) is 5.56. The van der Waals surface area contributed by atoms with Crippen LogP contribution in [0.5, 0.6) is 0 Å². The van der Waals surface area contributed by atoms with Gasteiger partial charge in [-0.1, -0.05) is 18.2 Å². The van der Waals surface area contributed by atoms with Crippen molar-refractivity contribution in [3.05, 3.63) is 65.2 Å². The molecule has 0 saturated heterocycles. The van der Waals surface area contributed by atoms with Crippen molar-refractivity contribution in [3.8, 4) is 0 Å². The van der Waals surface area contributed by atoms with Crippen molar-refractivity contribution in [3.63, 3.8) is 0 Å². The minimum atomic E-state index is -4.58. The Morgan fingerprint density at radius 3 is 2.19 bits per heavy atom. The summed E-state index contributed by atoms with van der Waals surface area (Å²) < 4.78 is 39.1. The van der Waals surface area contributed by atoms with E-state index in [4.69, 9.17) is 0 Å². The molecule has 0 unspecified atom stereocenters. The second-order valence-electron chi connectivity index (χ2n) is 5.56. The minimum Gasteiger partial charge on any atom is -0.339 e. The molecule has 0 fully saturated rings. The number of hydrogen-bond acceptors (Lipinski definition) is 2. The molecule has 0 aliphatic carbocycles. The quantitative estimate of drug-likeness (QED) is 0.853. The molecule has 0 heterocycles. The van der Waals surface area contributed by atoms with E-state index in [2.05, 4.69) is 5.32 Å². The van der Waals surface area contributed by atoms with Crippen LogP contribution < -0.4 is 5.32 Å². The Balaban J connectivity index is 2.27. The first-order chi connectivity index (χ1) is 12.3. The molecule has 1 N–H and O–H groups in total. The number of benzene rings is 2. The number of amides is 2. The van der Waals surface area contributed by atoms with Crippen LogP contribution in [0.4, 0.5) is 18.9 Å². The van der Waals surface area contributed by atoms with Crippen molar-refractivity contribution in [1.29, 1.82) is 0 Å². The van der Waals surface area contributed by atoms with Gasteiger partial charge in [0, 0.05) is 24.2 Å². The number of para-hydroxylation sites is 1. The molecule has 4 nitrogen and oxygen atoms in total. The molecule has 0 aromatic heterocycles. The third-order valence-corrected chi connectivity index (χ3v) is 3.90. The van der Waals surface area contributed by atoms with Gasteiger partial charge in [-0.2, -0.15) is 13.2 Å². The van der Waals surface area contributed by atoms with E-state index >= 15 is 0 Å². The Bertz CT molecular complexity index is 799. The molecule has 0 radical (unpaired) electrons. The fraction of sp³-hybridized carbons (Fsp3) is 0.263. The molecular weight excluding hydrogens is 345 g/mol. The summed E-state index contributed by atoms with van der Waals surface area (Å²) >= 11 is 0. The first-order valence-electron chi connectivity index (χ1n) is 8.14. The number of anilines is 1. The summed E-state index contributed by atoms with van der Waals surface area (Å²) in [6, 6.07) is 10.7. The Kier molecular flexibility index (Phi) is 6.02. The zero-order chi connectivity index (χ0) is 19.3. The van der Waals surface area contributed by atoms with E-state index in [0.29, 0.717) is 18.7 Å². The fourth-order valence-electron chi connectivity index (χ4n) is 2.52. The van der Waals surface area contributed by atoms with Crippen molar-refractivity contribution in [2.45, 2.75) is 20.0 Å². The lowest BCUT2D eigenvalue weighted by atomic mass is 10.1. The van der Waals surface area contributed by atoms with Crippen LogP contribution in [0.3, 0.4) is 0 Å². The number of carbonyl (C=O) groups excluding carboxylic acids is 2. The maximum Gasteiger partial charge on any atom is 0.418 e. The first-order valence-corrected chi connectivity index (χ1v) is 8.14. The molecular formula is C19H19F3N2O2. The van der Waals surface area contributed by atoms with Gasteiger partial charge in [-0.25, -0.2) is 0 Å². The normalized spacial score (nSPS) is 11.1. The van der Waals surface area contributed by atoms with Gasteiger partial charge in [-0.15, -0.1) is 0 Å². The third-order valence-electron chi connectivity index (χ3n) is 3.90. The molecule has 138 valence electrons. The monoisotopic (exact) mass is 364 g/mol. The van der Waals surface area contributed by atoms with Gasteiger partial charge in [0.2, 0.25) is 0 Å². The summed E-state index contributed by atoms with van der Waals surface area (Å²) in [5.74, 6) is -0.948. The van der Waals surface area contributed by atoms with Crippen LogP contribution in [0.1, 0.15) is 40.1 Å². The van der Waals surface area contributed by atoms with Crippen molar-refractivity contribution in [1.82, 2.24) is 4.90 Å². The van der Waals surface area contributed by atoms with Gasteiger partial charge >= 0.3 is 6.18 Å². The molecule has 0 aliphatic rings. The summed E-state index contributed by atoms with van der Waals surface area (Å²) in [6.07, 6.45) is -4.58. The average molecular weight is 364 g/mol. The molecule has 0 spiro atoms. The molecule has 2 amide bonds. The van der Waals surface area contributed by atoms with Gasteiger partial charge in [0.15, 0.2) is 0 Å². The van der Waals surface area contributed by atoms with Gasteiger partial charge in [0.25, 0.3) is 11.8 Å². The van der Waals surface area contributed by atoms with E-state index < -0.39 is 17.6 Å². The highest BCUT2D eigenvalue weighted by atomic mass is 19.4. The van der Waals surface area contributed by atoms with Crippen LogP contribution >= 0.6 is 0 Å². The van der Waals surface area contributed by atoms with E-state index in [1.165, 1.54) is 36.4 Å². The minimum absolute atomic E-state index is 0.111. The highest BCUT2D eigenvalue weighted by Crippen LogP contribution is 2.34. The van der Waals surface area contributed by atoms with Gasteiger partial charge in [0.05, 0.1) is 11.3 Å². The van der Waals surface area contributed by atoms with E-state index in [1.54, 1.807) is 11.0 Å². The summed E-state index contributed by atoms with van der Waals surface area (Å²) in [4.78, 5) is 26.3. The Morgan fingerprint density at radius 2 is 1.58 bits per heavy atom. The van der Waals surface area contributed by atoms with Gasteiger partial charge < -0.3 is 10.2 Å². The van der Waals surface area contributed by atoms with Crippen LogP contribution in [-0.2, 0) is 6.18 Å². The molecule has 2 aromatic carbocycles. The first kappa shape index (κ1) is 19.5. The van der Waals surface area contributed by atoms with Crippen molar-refractivity contribution in [2.24, 2.45) is 0 Å². The number of nitrogens with zero attached hydrogens (tertiary/aromatic N) is 1. The largest absolute Gasteiger partial charge is 0.418 e. The van der Waals surface area contributed by atoms with Gasteiger partial charge in [-0.3, -0.25) is 9.59 Å². The Morgan fingerprint density at radius 1 is 0.962 bits per heavy atom. The van der Waals surface area contributed by atoms with Gasteiger partial charge in [0.1, 0.15) is 0 Å². The predicted octanol–water partition coefficient (Wildman–Crippen LogP) is 4.44. The highest BCUT2D eigenvalue weighted by molar-refractivity contribution is 6.06. The van der Waals surface area contributed by atoms with Gasteiger partial charge in [-0.05, 0) is 44.2 Å². The zero-order valence-electron chi connectivity index (χ0n) is 14.4. The lowest BCUT2D eigenvalue weighted by Crippen LogP contribution is -2.30. The predicted molar refractivity (Wildman–Crippen MR) is 93.1 cm³/mol. The topological polar surface area (TPSA) is 49.4 Å². The van der Waals surface area contributed by atoms with Crippen LogP contribution in [0.15, 0.2) is 48.5 Å². The van der Waals surface area contributed by atoms with E-state index in [-0.39, 0.29) is 17.2 Å². The van der Waals surface area contributed by atoms with E-state index in [9.17, 15) is 22.8 Å². The standard InChI is InChI=1S/C19H19F3N2O2/c1-3-24(4-2)18(26)14-9-7-8-13(12-14)17(25)23-16-11-6-5-10-15(16)19(20,21)22/h5-12H,3-4H2,1-2H3,(H,23,25). The summed E-state index contributed by atoms with van der Waals surface area (Å²) in [7, 11) is 0. The van der Waals surface area contributed by atoms with Crippen molar-refractivity contribution in [2.75, 3.05) is 18.4 Å². The Hall–Kier alpha value is -2.83. The van der Waals surface area contributed by atoms with Crippen LogP contribution in [0.25, 0.3) is 0 Å². The summed E-state index contributed by atoms with van der Waals surface area (Å²) in [5, 5.41) is 2.27. The summed E-state index contributed by atoms with van der Waals surface area (Å²) in [6.45, 7) is 4.72. The maximum absolute atomic E-state index is 13.0. The molecule has 0 saturated carbocycles. The SMILES string of the molecule is CCN(CC)C(=O)c1cccc(C(=O)Nc2ccccc2C(F)(F)F)c1. The molecule has 26 heavy (non-hydrogen) atoms. The number of carbonyl (C=O) groups is 2. The molecule has 0 bridgehead atoms. The lowest BCUT2D eigenvalue weighted by Gasteiger charge is -2.19. The zero-order valence-corrected chi connectivity index (χ0v) is 14.4. The van der Waals surface area contributed by atoms with E-state index in [0.717, 1.165) is 6.07 Å². The summed E-state index contributed by atoms with van der Waals surface area (Å²) in [5.41, 5.74) is -0.834. The number of halogens is 3.